The number of aliphatic carboxylic acids is 1. The van der Waals surface area contributed by atoms with Gasteiger partial charge in [0.05, 0.1) is 5.37 Å². The van der Waals surface area contributed by atoms with Crippen molar-refractivity contribution >= 4 is 36.3 Å². The zero-order valence-corrected chi connectivity index (χ0v) is 16.0. The summed E-state index contributed by atoms with van der Waals surface area (Å²) in [4.78, 5) is 25.5. The van der Waals surface area contributed by atoms with Gasteiger partial charge in [-0.3, -0.25) is 9.69 Å². The molecule has 134 valence electrons. The van der Waals surface area contributed by atoms with E-state index in [9.17, 15) is 14.7 Å². The lowest BCUT2D eigenvalue weighted by Crippen LogP contribution is -2.46. The molecule has 1 rings (SSSR count). The molecule has 3 unspecified atom stereocenters. The van der Waals surface area contributed by atoms with Crippen LogP contribution in [0, 0.1) is 5.92 Å². The highest BCUT2D eigenvalue weighted by Crippen LogP contribution is 2.23. The standard InChI is InChI=1S/C17H26N2O3S2/c1-12(10-23)16(20)18-14(17(21)22)9-15(19(2)3)24-11-13-7-5-4-6-8-13/h4-8,12,14-15,23H,9-11H2,1-3H3,(H,18,20)(H,21,22). The first kappa shape index (κ1) is 20.9. The number of nitrogens with one attached hydrogen (secondary N) is 1. The molecule has 1 aromatic rings. The van der Waals surface area contributed by atoms with Gasteiger partial charge in [-0.05, 0) is 19.7 Å². The molecule has 0 aromatic heterocycles. The Bertz CT molecular complexity index is 526. The van der Waals surface area contributed by atoms with Gasteiger partial charge in [0.15, 0.2) is 0 Å². The Kier molecular flexibility index (Phi) is 9.25. The van der Waals surface area contributed by atoms with Crippen molar-refractivity contribution in [2.75, 3.05) is 19.8 Å². The van der Waals surface area contributed by atoms with Crippen LogP contribution in [0.25, 0.3) is 0 Å². The molecule has 0 saturated carbocycles. The van der Waals surface area contributed by atoms with E-state index >= 15 is 0 Å². The SMILES string of the molecule is CC(CS)C(=O)NC(CC(SCc1ccccc1)N(C)C)C(=O)O. The Morgan fingerprint density at radius 1 is 1.29 bits per heavy atom. The molecule has 0 heterocycles. The fourth-order valence-electron chi connectivity index (χ4n) is 2.01. The van der Waals surface area contributed by atoms with Gasteiger partial charge in [-0.1, -0.05) is 37.3 Å². The molecule has 3 atom stereocenters. The maximum absolute atomic E-state index is 12.0. The van der Waals surface area contributed by atoms with Crippen LogP contribution < -0.4 is 5.32 Å². The molecule has 0 saturated heterocycles. The zero-order chi connectivity index (χ0) is 18.1. The minimum Gasteiger partial charge on any atom is -0.480 e. The molecule has 0 spiro atoms. The highest BCUT2D eigenvalue weighted by Gasteiger charge is 2.27. The van der Waals surface area contributed by atoms with Crippen molar-refractivity contribution in [1.29, 1.82) is 0 Å². The molecule has 0 fully saturated rings. The summed E-state index contributed by atoms with van der Waals surface area (Å²) in [5, 5.41) is 12.0. The minimum atomic E-state index is -1.01. The summed E-state index contributed by atoms with van der Waals surface area (Å²) in [5.74, 6) is -0.426. The molecule has 1 amide bonds. The van der Waals surface area contributed by atoms with Gasteiger partial charge in [-0.15, -0.1) is 11.8 Å². The first-order chi connectivity index (χ1) is 11.3. The summed E-state index contributed by atoms with van der Waals surface area (Å²) in [6, 6.07) is 9.13. The van der Waals surface area contributed by atoms with E-state index in [-0.39, 0.29) is 17.2 Å². The summed E-state index contributed by atoms with van der Waals surface area (Å²) >= 11 is 5.75. The number of thiol groups is 1. The van der Waals surface area contributed by atoms with Crippen molar-refractivity contribution in [3.8, 4) is 0 Å². The smallest absolute Gasteiger partial charge is 0.326 e. The first-order valence-corrected chi connectivity index (χ1v) is 9.49. The Morgan fingerprint density at radius 3 is 2.42 bits per heavy atom. The van der Waals surface area contributed by atoms with Crippen LogP contribution in [0.3, 0.4) is 0 Å². The van der Waals surface area contributed by atoms with Crippen molar-refractivity contribution in [3.05, 3.63) is 35.9 Å². The number of hydrogen-bond donors (Lipinski definition) is 3. The predicted molar refractivity (Wildman–Crippen MR) is 102 cm³/mol. The fraction of sp³-hybridized carbons (Fsp3) is 0.529. The molecule has 0 aliphatic rings. The van der Waals surface area contributed by atoms with E-state index in [1.807, 2.05) is 49.3 Å². The molecule has 0 aliphatic carbocycles. The largest absolute Gasteiger partial charge is 0.480 e. The van der Waals surface area contributed by atoms with Crippen molar-refractivity contribution < 1.29 is 14.7 Å². The number of carbonyl (C=O) groups is 2. The van der Waals surface area contributed by atoms with Gasteiger partial charge in [0.1, 0.15) is 6.04 Å². The van der Waals surface area contributed by atoms with E-state index in [4.69, 9.17) is 0 Å². The third-order valence-electron chi connectivity index (χ3n) is 3.63. The van der Waals surface area contributed by atoms with Gasteiger partial charge in [0, 0.05) is 23.8 Å². The third-order valence-corrected chi connectivity index (χ3v) is 5.68. The van der Waals surface area contributed by atoms with Crippen molar-refractivity contribution in [3.63, 3.8) is 0 Å². The Morgan fingerprint density at radius 2 is 1.92 bits per heavy atom. The van der Waals surface area contributed by atoms with Crippen LogP contribution in [0.1, 0.15) is 18.9 Å². The molecule has 24 heavy (non-hydrogen) atoms. The number of nitrogens with zero attached hydrogens (tertiary/aromatic N) is 1. The maximum atomic E-state index is 12.0. The summed E-state index contributed by atoms with van der Waals surface area (Å²) in [6.07, 6.45) is 0.338. The van der Waals surface area contributed by atoms with E-state index in [1.165, 1.54) is 5.56 Å². The second kappa shape index (κ2) is 10.6. The monoisotopic (exact) mass is 370 g/mol. The van der Waals surface area contributed by atoms with Gasteiger partial charge >= 0.3 is 5.97 Å². The number of carboxylic acid groups (broad SMARTS) is 1. The number of carboxylic acids is 1. The maximum Gasteiger partial charge on any atom is 0.326 e. The van der Waals surface area contributed by atoms with Gasteiger partial charge in [0.25, 0.3) is 0 Å². The molecular formula is C17H26N2O3S2. The predicted octanol–water partition coefficient (Wildman–Crippen LogP) is 2.33. The van der Waals surface area contributed by atoms with E-state index in [2.05, 4.69) is 17.9 Å². The average Bonchev–Trinajstić information content (AvgIpc) is 2.56. The Hall–Kier alpha value is -1.18. The normalized spacial score (nSPS) is 14.9. The molecule has 7 heteroatoms. The first-order valence-electron chi connectivity index (χ1n) is 7.81. The van der Waals surface area contributed by atoms with Crippen LogP contribution in [-0.4, -0.2) is 53.1 Å². The molecule has 1 aromatic carbocycles. The summed E-state index contributed by atoms with van der Waals surface area (Å²) < 4.78 is 0. The van der Waals surface area contributed by atoms with Crippen LogP contribution in [0.15, 0.2) is 30.3 Å². The summed E-state index contributed by atoms with van der Waals surface area (Å²) in [5.41, 5.74) is 1.19. The van der Waals surface area contributed by atoms with Crippen molar-refractivity contribution in [2.45, 2.75) is 30.5 Å². The second-order valence-corrected chi connectivity index (χ2v) is 7.46. The fourth-order valence-corrected chi connectivity index (χ4v) is 3.38. The minimum absolute atomic E-state index is 0.0158. The quantitative estimate of drug-likeness (QED) is 0.436. The molecular weight excluding hydrogens is 344 g/mol. The van der Waals surface area contributed by atoms with Gasteiger partial charge in [0.2, 0.25) is 5.91 Å². The third kappa shape index (κ3) is 7.15. The van der Waals surface area contributed by atoms with E-state index in [1.54, 1.807) is 18.7 Å². The Balaban J connectivity index is 2.68. The average molecular weight is 371 g/mol. The number of carbonyl (C=O) groups excluding carboxylic acids is 1. The summed E-state index contributed by atoms with van der Waals surface area (Å²) in [7, 11) is 3.83. The van der Waals surface area contributed by atoms with Crippen LogP contribution in [0.2, 0.25) is 0 Å². The summed E-state index contributed by atoms with van der Waals surface area (Å²) in [6.45, 7) is 1.73. The number of hydrogen-bond acceptors (Lipinski definition) is 5. The van der Waals surface area contributed by atoms with Gasteiger partial charge in [-0.2, -0.15) is 12.6 Å². The second-order valence-electron chi connectivity index (χ2n) is 5.93. The van der Waals surface area contributed by atoms with Gasteiger partial charge in [-0.25, -0.2) is 4.79 Å². The number of benzene rings is 1. The Labute approximate surface area is 153 Å². The zero-order valence-electron chi connectivity index (χ0n) is 14.3. The highest BCUT2D eigenvalue weighted by atomic mass is 32.2. The number of thioether (sulfide) groups is 1. The number of amides is 1. The van der Waals surface area contributed by atoms with E-state index in [0.717, 1.165) is 5.75 Å². The van der Waals surface area contributed by atoms with Crippen LogP contribution in [0.4, 0.5) is 0 Å². The highest BCUT2D eigenvalue weighted by molar-refractivity contribution is 7.99. The lowest BCUT2D eigenvalue weighted by Gasteiger charge is -2.27. The van der Waals surface area contributed by atoms with E-state index < -0.39 is 12.0 Å². The van der Waals surface area contributed by atoms with Crippen LogP contribution >= 0.6 is 24.4 Å². The van der Waals surface area contributed by atoms with Crippen LogP contribution in [-0.2, 0) is 15.3 Å². The molecule has 0 bridgehead atoms. The van der Waals surface area contributed by atoms with Crippen molar-refractivity contribution in [1.82, 2.24) is 10.2 Å². The lowest BCUT2D eigenvalue weighted by molar-refractivity contribution is -0.142. The molecule has 5 nitrogen and oxygen atoms in total. The molecule has 0 radical (unpaired) electrons. The molecule has 2 N–H and O–H groups in total. The molecule has 0 aliphatic heterocycles. The number of rotatable bonds is 10. The van der Waals surface area contributed by atoms with Gasteiger partial charge < -0.3 is 10.4 Å². The van der Waals surface area contributed by atoms with E-state index in [0.29, 0.717) is 12.2 Å². The van der Waals surface area contributed by atoms with Crippen molar-refractivity contribution in [2.24, 2.45) is 5.92 Å². The lowest BCUT2D eigenvalue weighted by atomic mass is 10.1. The topological polar surface area (TPSA) is 69.6 Å². The van der Waals surface area contributed by atoms with Crippen LogP contribution in [0.5, 0.6) is 0 Å².